The van der Waals surface area contributed by atoms with Gasteiger partial charge in [-0.05, 0) is 61.5 Å². The van der Waals surface area contributed by atoms with Gasteiger partial charge in [0.15, 0.2) is 5.11 Å². The molecule has 0 aliphatic heterocycles. The first-order valence-electron chi connectivity index (χ1n) is 9.24. The zero-order valence-electron chi connectivity index (χ0n) is 15.4. The molecule has 8 heteroatoms. The summed E-state index contributed by atoms with van der Waals surface area (Å²) in [7, 11) is -3.54. The second-order valence-electron chi connectivity index (χ2n) is 6.75. The zero-order valence-corrected chi connectivity index (χ0v) is 17.0. The van der Waals surface area contributed by atoms with Gasteiger partial charge in [0.1, 0.15) is 0 Å². The largest absolute Gasteiger partial charge is 0.332 e. The number of carbonyl (C=O) groups excluding carboxylic acids is 1. The lowest BCUT2D eigenvalue weighted by molar-refractivity contribution is 0.0977. The minimum absolute atomic E-state index is 0.0114. The van der Waals surface area contributed by atoms with Crippen molar-refractivity contribution in [2.45, 2.75) is 43.0 Å². The fourth-order valence-corrected chi connectivity index (χ4v) is 4.67. The molecular weight excluding hydrogens is 394 g/mol. The van der Waals surface area contributed by atoms with Crippen molar-refractivity contribution < 1.29 is 13.2 Å². The van der Waals surface area contributed by atoms with Gasteiger partial charge in [-0.1, -0.05) is 37.5 Å². The van der Waals surface area contributed by atoms with Gasteiger partial charge < -0.3 is 5.32 Å². The average molecular weight is 418 g/mol. The maximum absolute atomic E-state index is 12.5. The van der Waals surface area contributed by atoms with Gasteiger partial charge in [0.05, 0.1) is 4.90 Å². The molecule has 1 fully saturated rings. The van der Waals surface area contributed by atoms with Crippen LogP contribution in [0.1, 0.15) is 42.5 Å². The number of amides is 1. The van der Waals surface area contributed by atoms with Crippen molar-refractivity contribution >= 4 is 38.9 Å². The summed E-state index contributed by atoms with van der Waals surface area (Å²) in [5, 5.41) is 5.62. The molecule has 0 heterocycles. The van der Waals surface area contributed by atoms with Crippen molar-refractivity contribution in [3.8, 4) is 0 Å². The molecule has 28 heavy (non-hydrogen) atoms. The molecule has 0 bridgehead atoms. The third kappa shape index (κ3) is 5.60. The summed E-state index contributed by atoms with van der Waals surface area (Å²) < 4.78 is 27.8. The third-order valence-corrected chi connectivity index (χ3v) is 6.35. The Balaban J connectivity index is 1.57. The summed E-state index contributed by atoms with van der Waals surface area (Å²) >= 11 is 5.15. The minimum Gasteiger partial charge on any atom is -0.332 e. The lowest BCUT2D eigenvalue weighted by atomic mass is 9.96. The lowest BCUT2D eigenvalue weighted by Crippen LogP contribution is -2.36. The van der Waals surface area contributed by atoms with E-state index in [4.69, 9.17) is 12.2 Å². The molecule has 1 saturated carbocycles. The van der Waals surface area contributed by atoms with Crippen molar-refractivity contribution in [1.29, 1.82) is 0 Å². The first-order valence-corrected chi connectivity index (χ1v) is 11.1. The summed E-state index contributed by atoms with van der Waals surface area (Å²) in [5.74, 6) is -0.311. The van der Waals surface area contributed by atoms with E-state index in [9.17, 15) is 13.2 Å². The molecule has 3 N–H and O–H groups in total. The Hall–Kier alpha value is -2.29. The summed E-state index contributed by atoms with van der Waals surface area (Å²) in [6.45, 7) is 0. The number of thiocarbonyl (C=S) groups is 1. The Morgan fingerprint density at radius 1 is 0.929 bits per heavy atom. The molecule has 6 nitrogen and oxygen atoms in total. The number of rotatable bonds is 5. The summed E-state index contributed by atoms with van der Waals surface area (Å²) in [4.78, 5) is 12.3. The Bertz CT molecular complexity index is 923. The fourth-order valence-electron chi connectivity index (χ4n) is 3.15. The van der Waals surface area contributed by atoms with Crippen molar-refractivity contribution in [2.75, 3.05) is 5.32 Å². The predicted octanol–water partition coefficient (Wildman–Crippen LogP) is 3.42. The van der Waals surface area contributed by atoms with E-state index in [1.807, 2.05) is 6.07 Å². The molecule has 1 aliphatic carbocycles. The number of hydrogen-bond acceptors (Lipinski definition) is 4. The van der Waals surface area contributed by atoms with Crippen LogP contribution in [0.15, 0.2) is 59.5 Å². The number of nitrogens with one attached hydrogen (secondary N) is 3. The molecule has 1 amide bonds. The number of benzene rings is 2. The van der Waals surface area contributed by atoms with Crippen LogP contribution in [-0.2, 0) is 10.0 Å². The number of hydrogen-bond donors (Lipinski definition) is 3. The van der Waals surface area contributed by atoms with Crippen LogP contribution in [-0.4, -0.2) is 25.5 Å². The quantitative estimate of drug-likeness (QED) is 0.649. The standard InChI is InChI=1S/C20H23N3O3S2/c24-19(15-7-3-1-4-8-15)22-20(27)21-16-11-13-18(14-12-16)28(25,26)23-17-9-5-2-6-10-17/h1,3-4,7-8,11-14,17,23H,2,5-6,9-10H2,(H2,21,22,24,27). The van der Waals surface area contributed by atoms with Crippen molar-refractivity contribution in [2.24, 2.45) is 0 Å². The first kappa shape index (κ1) is 20.4. The van der Waals surface area contributed by atoms with Crippen LogP contribution in [0.5, 0.6) is 0 Å². The van der Waals surface area contributed by atoms with Gasteiger partial charge in [-0.2, -0.15) is 0 Å². The van der Waals surface area contributed by atoms with E-state index < -0.39 is 10.0 Å². The van der Waals surface area contributed by atoms with Crippen molar-refractivity contribution in [3.05, 3.63) is 60.2 Å². The molecule has 3 rings (SSSR count). The van der Waals surface area contributed by atoms with Crippen LogP contribution in [0, 0.1) is 0 Å². The van der Waals surface area contributed by atoms with Crippen LogP contribution in [0.4, 0.5) is 5.69 Å². The molecule has 0 atom stereocenters. The molecule has 2 aromatic rings. The number of anilines is 1. The Morgan fingerprint density at radius 3 is 2.21 bits per heavy atom. The highest BCUT2D eigenvalue weighted by atomic mass is 32.2. The van der Waals surface area contributed by atoms with Gasteiger partial charge in [-0.3, -0.25) is 10.1 Å². The average Bonchev–Trinajstić information content (AvgIpc) is 2.69. The van der Waals surface area contributed by atoms with Gasteiger partial charge in [0, 0.05) is 17.3 Å². The predicted molar refractivity (Wildman–Crippen MR) is 114 cm³/mol. The second-order valence-corrected chi connectivity index (χ2v) is 8.88. The fraction of sp³-hybridized carbons (Fsp3) is 0.300. The van der Waals surface area contributed by atoms with Crippen LogP contribution in [0.2, 0.25) is 0 Å². The zero-order chi connectivity index (χ0) is 20.0. The van der Waals surface area contributed by atoms with E-state index in [0.717, 1.165) is 25.7 Å². The molecule has 0 aromatic heterocycles. The summed E-state index contributed by atoms with van der Waals surface area (Å²) in [6.07, 6.45) is 5.05. The smallest absolute Gasteiger partial charge is 0.257 e. The highest BCUT2D eigenvalue weighted by molar-refractivity contribution is 7.89. The Labute approximate surface area is 170 Å². The monoisotopic (exact) mass is 417 g/mol. The van der Waals surface area contributed by atoms with E-state index in [1.54, 1.807) is 36.4 Å². The van der Waals surface area contributed by atoms with E-state index in [-0.39, 0.29) is 22.0 Å². The van der Waals surface area contributed by atoms with E-state index in [2.05, 4.69) is 15.4 Å². The summed E-state index contributed by atoms with van der Waals surface area (Å²) in [6, 6.07) is 15.0. The molecule has 2 aromatic carbocycles. The van der Waals surface area contributed by atoms with Gasteiger partial charge in [0.2, 0.25) is 10.0 Å². The topological polar surface area (TPSA) is 87.3 Å². The third-order valence-electron chi connectivity index (χ3n) is 4.61. The maximum atomic E-state index is 12.5. The molecule has 0 spiro atoms. The van der Waals surface area contributed by atoms with E-state index in [1.165, 1.54) is 18.6 Å². The van der Waals surface area contributed by atoms with E-state index >= 15 is 0 Å². The molecule has 0 saturated heterocycles. The molecule has 0 unspecified atom stereocenters. The van der Waals surface area contributed by atoms with Gasteiger partial charge >= 0.3 is 0 Å². The van der Waals surface area contributed by atoms with Crippen molar-refractivity contribution in [3.63, 3.8) is 0 Å². The van der Waals surface area contributed by atoms with Crippen LogP contribution >= 0.6 is 12.2 Å². The van der Waals surface area contributed by atoms with Gasteiger partial charge in [-0.15, -0.1) is 0 Å². The van der Waals surface area contributed by atoms with Crippen LogP contribution in [0.25, 0.3) is 0 Å². The highest BCUT2D eigenvalue weighted by Gasteiger charge is 2.21. The molecule has 0 radical (unpaired) electrons. The Kier molecular flexibility index (Phi) is 6.77. The molecule has 1 aliphatic rings. The normalized spacial score (nSPS) is 15.0. The second kappa shape index (κ2) is 9.27. The first-order chi connectivity index (χ1) is 13.4. The SMILES string of the molecule is O=C(NC(=S)Nc1ccc(S(=O)(=O)NC2CCCCC2)cc1)c1ccccc1. The van der Waals surface area contributed by atoms with Crippen LogP contribution < -0.4 is 15.4 Å². The lowest BCUT2D eigenvalue weighted by Gasteiger charge is -2.22. The van der Waals surface area contributed by atoms with Crippen molar-refractivity contribution in [1.82, 2.24) is 10.0 Å². The maximum Gasteiger partial charge on any atom is 0.257 e. The summed E-state index contributed by atoms with van der Waals surface area (Å²) in [5.41, 5.74) is 1.09. The molecule has 148 valence electrons. The number of sulfonamides is 1. The molecular formula is C20H23N3O3S2. The van der Waals surface area contributed by atoms with Gasteiger partial charge in [0.25, 0.3) is 5.91 Å². The highest BCUT2D eigenvalue weighted by Crippen LogP contribution is 2.20. The number of carbonyl (C=O) groups is 1. The Morgan fingerprint density at radius 2 is 1.57 bits per heavy atom. The van der Waals surface area contributed by atoms with Crippen LogP contribution in [0.3, 0.4) is 0 Å². The minimum atomic E-state index is -3.54. The van der Waals surface area contributed by atoms with Gasteiger partial charge in [-0.25, -0.2) is 13.1 Å². The van der Waals surface area contributed by atoms with E-state index in [0.29, 0.717) is 11.3 Å².